The van der Waals surface area contributed by atoms with Crippen LogP contribution < -0.4 is 0 Å². The van der Waals surface area contributed by atoms with Gasteiger partial charge in [-0.25, -0.2) is 19.0 Å². The standard InChI is InChI=1S/C13H12FNO7/c14-9-3-1-8(2-4-9)6-15(22-7-12(18)19)11(17)5-10(16)13(20)21/h1-4H,5-7H2,(H,18,19)(H,20,21). The molecular formula is C13H12FNO7. The van der Waals surface area contributed by atoms with Crippen molar-refractivity contribution >= 4 is 23.6 Å². The van der Waals surface area contributed by atoms with Gasteiger partial charge in [-0.1, -0.05) is 12.1 Å². The quantitative estimate of drug-likeness (QED) is 0.400. The van der Waals surface area contributed by atoms with Crippen LogP contribution >= 0.6 is 0 Å². The van der Waals surface area contributed by atoms with Gasteiger partial charge in [0.25, 0.3) is 5.91 Å². The third kappa shape index (κ3) is 5.67. The second-order valence-corrected chi connectivity index (χ2v) is 4.13. The molecule has 0 fully saturated rings. The van der Waals surface area contributed by atoms with Crippen LogP contribution in [0.15, 0.2) is 24.3 Å². The van der Waals surface area contributed by atoms with E-state index in [9.17, 15) is 23.6 Å². The molecule has 0 atom stereocenters. The second-order valence-electron chi connectivity index (χ2n) is 4.13. The van der Waals surface area contributed by atoms with Crippen LogP contribution in [0.3, 0.4) is 0 Å². The Hall–Kier alpha value is -2.81. The van der Waals surface area contributed by atoms with Crippen LogP contribution in [-0.4, -0.2) is 45.5 Å². The Bertz CT molecular complexity index is 585. The van der Waals surface area contributed by atoms with Crippen molar-refractivity contribution in [2.75, 3.05) is 6.61 Å². The van der Waals surface area contributed by atoms with Crippen LogP contribution in [0, 0.1) is 5.82 Å². The first-order valence-corrected chi connectivity index (χ1v) is 5.95. The topological polar surface area (TPSA) is 121 Å². The summed E-state index contributed by atoms with van der Waals surface area (Å²) in [7, 11) is 0. The normalized spacial score (nSPS) is 10.0. The maximum atomic E-state index is 12.8. The molecule has 118 valence electrons. The molecule has 0 aromatic heterocycles. The molecule has 0 aliphatic carbocycles. The number of benzene rings is 1. The maximum Gasteiger partial charge on any atom is 0.372 e. The summed E-state index contributed by atoms with van der Waals surface area (Å²) in [6, 6.07) is 4.91. The molecule has 0 radical (unpaired) electrons. The van der Waals surface area contributed by atoms with Crippen molar-refractivity contribution in [3.63, 3.8) is 0 Å². The monoisotopic (exact) mass is 313 g/mol. The number of hydrogen-bond acceptors (Lipinski definition) is 5. The number of halogens is 1. The molecule has 22 heavy (non-hydrogen) atoms. The van der Waals surface area contributed by atoms with Crippen LogP contribution in [0.25, 0.3) is 0 Å². The van der Waals surface area contributed by atoms with Crippen molar-refractivity contribution in [2.24, 2.45) is 0 Å². The molecule has 1 aromatic rings. The summed E-state index contributed by atoms with van der Waals surface area (Å²) in [6.07, 6.45) is -0.976. The molecule has 0 unspecified atom stereocenters. The van der Waals surface area contributed by atoms with E-state index in [4.69, 9.17) is 15.1 Å². The number of carboxylic acid groups (broad SMARTS) is 2. The molecule has 0 aliphatic rings. The average Bonchev–Trinajstić information content (AvgIpc) is 2.44. The van der Waals surface area contributed by atoms with E-state index in [-0.39, 0.29) is 6.54 Å². The lowest BCUT2D eigenvalue weighted by Gasteiger charge is -2.20. The fraction of sp³-hybridized carbons (Fsp3) is 0.231. The number of ketones is 1. The van der Waals surface area contributed by atoms with Crippen LogP contribution in [0.2, 0.25) is 0 Å². The Labute approximate surface area is 123 Å². The van der Waals surface area contributed by atoms with Gasteiger partial charge in [0.2, 0.25) is 5.78 Å². The van der Waals surface area contributed by atoms with Crippen molar-refractivity contribution in [1.29, 1.82) is 0 Å². The van der Waals surface area contributed by atoms with E-state index in [0.29, 0.717) is 10.6 Å². The summed E-state index contributed by atoms with van der Waals surface area (Å²) in [6.45, 7) is -1.12. The lowest BCUT2D eigenvalue weighted by molar-refractivity contribution is -0.196. The predicted molar refractivity (Wildman–Crippen MR) is 67.8 cm³/mol. The lowest BCUT2D eigenvalue weighted by Crippen LogP contribution is -2.35. The molecule has 2 N–H and O–H groups in total. The van der Waals surface area contributed by atoms with Gasteiger partial charge in [0, 0.05) is 0 Å². The van der Waals surface area contributed by atoms with E-state index >= 15 is 0 Å². The van der Waals surface area contributed by atoms with Gasteiger partial charge >= 0.3 is 11.9 Å². The van der Waals surface area contributed by atoms with Crippen molar-refractivity contribution in [2.45, 2.75) is 13.0 Å². The SMILES string of the molecule is O=C(O)CON(Cc1ccc(F)cc1)C(=O)CC(=O)C(=O)O. The van der Waals surface area contributed by atoms with Crippen LogP contribution in [-0.2, 0) is 30.6 Å². The number of carbonyl (C=O) groups excluding carboxylic acids is 2. The van der Waals surface area contributed by atoms with E-state index in [0.717, 1.165) is 12.1 Å². The average molecular weight is 313 g/mol. The third-order valence-corrected chi connectivity index (χ3v) is 2.41. The van der Waals surface area contributed by atoms with E-state index in [1.54, 1.807) is 0 Å². The first-order valence-electron chi connectivity index (χ1n) is 5.95. The predicted octanol–water partition coefficient (Wildman–Crippen LogP) is 0.214. The van der Waals surface area contributed by atoms with Gasteiger partial charge in [0.15, 0.2) is 6.61 Å². The smallest absolute Gasteiger partial charge is 0.372 e. The first-order chi connectivity index (χ1) is 10.3. The Morgan fingerprint density at radius 3 is 2.18 bits per heavy atom. The van der Waals surface area contributed by atoms with Crippen LogP contribution in [0.4, 0.5) is 4.39 Å². The van der Waals surface area contributed by atoms with Crippen LogP contribution in [0.5, 0.6) is 0 Å². The lowest BCUT2D eigenvalue weighted by atomic mass is 10.2. The molecule has 8 nitrogen and oxygen atoms in total. The summed E-state index contributed by atoms with van der Waals surface area (Å²) in [4.78, 5) is 48.4. The zero-order valence-electron chi connectivity index (χ0n) is 11.2. The highest BCUT2D eigenvalue weighted by Gasteiger charge is 2.23. The van der Waals surface area contributed by atoms with Crippen LogP contribution in [0.1, 0.15) is 12.0 Å². The summed E-state index contributed by atoms with van der Waals surface area (Å²) in [5.74, 6) is -6.02. The number of amides is 1. The second kappa shape index (κ2) is 7.84. The number of carbonyl (C=O) groups is 4. The summed E-state index contributed by atoms with van der Waals surface area (Å²) in [5.41, 5.74) is 0.405. The van der Waals surface area contributed by atoms with E-state index in [2.05, 4.69) is 0 Å². The van der Waals surface area contributed by atoms with Gasteiger partial charge in [-0.3, -0.25) is 14.4 Å². The van der Waals surface area contributed by atoms with Gasteiger partial charge in [-0.05, 0) is 17.7 Å². The number of carboxylic acids is 2. The maximum absolute atomic E-state index is 12.8. The van der Waals surface area contributed by atoms with Gasteiger partial charge in [0.05, 0.1) is 13.0 Å². The molecule has 9 heteroatoms. The number of nitrogens with zero attached hydrogens (tertiary/aromatic N) is 1. The van der Waals surface area contributed by atoms with Gasteiger partial charge in [-0.15, -0.1) is 0 Å². The number of rotatable bonds is 8. The molecule has 1 amide bonds. The molecule has 1 aromatic carbocycles. The van der Waals surface area contributed by atoms with Gasteiger partial charge in [0.1, 0.15) is 5.82 Å². The fourth-order valence-corrected chi connectivity index (χ4v) is 1.40. The number of Topliss-reactive ketones (excluding diaryl/α,β-unsaturated/α-hetero) is 1. The minimum atomic E-state index is -1.78. The third-order valence-electron chi connectivity index (χ3n) is 2.41. The highest BCUT2D eigenvalue weighted by molar-refractivity contribution is 6.36. The molecule has 0 saturated carbocycles. The van der Waals surface area contributed by atoms with Crippen molar-refractivity contribution in [3.8, 4) is 0 Å². The Balaban J connectivity index is 2.80. The van der Waals surface area contributed by atoms with Crippen molar-refractivity contribution in [1.82, 2.24) is 5.06 Å². The summed E-state index contributed by atoms with van der Waals surface area (Å²) in [5, 5.41) is 17.6. The van der Waals surface area contributed by atoms with E-state index in [1.165, 1.54) is 12.1 Å². The van der Waals surface area contributed by atoms with E-state index < -0.39 is 42.5 Å². The fourth-order valence-electron chi connectivity index (χ4n) is 1.40. The van der Waals surface area contributed by atoms with E-state index in [1.807, 2.05) is 0 Å². The molecule has 1 rings (SSSR count). The molecule has 0 aliphatic heterocycles. The number of hydrogen-bond donors (Lipinski definition) is 2. The summed E-state index contributed by atoms with van der Waals surface area (Å²) >= 11 is 0. The zero-order valence-corrected chi connectivity index (χ0v) is 11.2. The van der Waals surface area contributed by atoms with Gasteiger partial charge in [-0.2, -0.15) is 0 Å². The largest absolute Gasteiger partial charge is 0.479 e. The minimum Gasteiger partial charge on any atom is -0.479 e. The molecule has 0 heterocycles. The highest BCUT2D eigenvalue weighted by atomic mass is 19.1. The molecule has 0 bridgehead atoms. The first kappa shape index (κ1) is 17.2. The van der Waals surface area contributed by atoms with Gasteiger partial charge < -0.3 is 10.2 Å². The Morgan fingerprint density at radius 2 is 1.68 bits per heavy atom. The Morgan fingerprint density at radius 1 is 1.09 bits per heavy atom. The van der Waals surface area contributed by atoms with Crippen molar-refractivity contribution < 1.29 is 38.6 Å². The minimum absolute atomic E-state index is 0.265. The molecule has 0 spiro atoms. The molecular weight excluding hydrogens is 301 g/mol. The Kier molecular flexibility index (Phi) is 6.14. The highest BCUT2D eigenvalue weighted by Crippen LogP contribution is 2.09. The number of aliphatic carboxylic acids is 2. The summed E-state index contributed by atoms with van der Waals surface area (Å²) < 4.78 is 12.8. The molecule has 0 saturated heterocycles. The number of hydroxylamine groups is 2. The van der Waals surface area contributed by atoms with Crippen molar-refractivity contribution in [3.05, 3.63) is 35.6 Å². The zero-order chi connectivity index (χ0) is 16.7.